The summed E-state index contributed by atoms with van der Waals surface area (Å²) in [7, 11) is 0. The Hall–Kier alpha value is -1.39. The molecule has 114 valence electrons. The van der Waals surface area contributed by atoms with Crippen LogP contribution in [0.5, 0.6) is 0 Å². The van der Waals surface area contributed by atoms with E-state index in [1.165, 1.54) is 0 Å². The summed E-state index contributed by atoms with van der Waals surface area (Å²) in [5.41, 5.74) is 0.963. The molecule has 21 heavy (non-hydrogen) atoms. The van der Waals surface area contributed by atoms with Gasteiger partial charge in [-0.15, -0.1) is 0 Å². The van der Waals surface area contributed by atoms with Crippen LogP contribution in [0.25, 0.3) is 0 Å². The maximum atomic E-state index is 10.9. The van der Waals surface area contributed by atoms with E-state index in [9.17, 15) is 9.90 Å². The summed E-state index contributed by atoms with van der Waals surface area (Å²) in [5, 5.41) is 19.4. The summed E-state index contributed by atoms with van der Waals surface area (Å²) in [6.45, 7) is 0.666. The molecule has 0 amide bonds. The van der Waals surface area contributed by atoms with Crippen LogP contribution in [0.2, 0.25) is 0 Å². The highest BCUT2D eigenvalue weighted by molar-refractivity contribution is 5.67. The van der Waals surface area contributed by atoms with Crippen molar-refractivity contribution in [3.8, 4) is 0 Å². The van der Waals surface area contributed by atoms with Gasteiger partial charge in [0.25, 0.3) is 0 Å². The zero-order valence-corrected chi connectivity index (χ0v) is 12.2. The summed E-state index contributed by atoms with van der Waals surface area (Å²) in [6.07, 6.45) is 4.05. The van der Waals surface area contributed by atoms with Crippen LogP contribution in [-0.4, -0.2) is 39.7 Å². The minimum Gasteiger partial charge on any atom is -0.481 e. The van der Waals surface area contributed by atoms with Gasteiger partial charge in [-0.05, 0) is 37.2 Å². The lowest BCUT2D eigenvalue weighted by atomic mass is 9.88. The van der Waals surface area contributed by atoms with Crippen molar-refractivity contribution < 1.29 is 15.0 Å². The monoisotopic (exact) mass is 289 g/mol. The van der Waals surface area contributed by atoms with Gasteiger partial charge in [0.1, 0.15) is 0 Å². The summed E-state index contributed by atoms with van der Waals surface area (Å²) >= 11 is 0. The Balaban J connectivity index is 1.62. The Labute approximate surface area is 125 Å². The van der Waals surface area contributed by atoms with Gasteiger partial charge >= 0.3 is 5.97 Å². The van der Waals surface area contributed by atoms with Crippen LogP contribution in [0.1, 0.15) is 43.8 Å². The molecule has 2 aliphatic heterocycles. The van der Waals surface area contributed by atoms with E-state index in [4.69, 9.17) is 5.11 Å². The molecular weight excluding hydrogens is 266 g/mol. The van der Waals surface area contributed by atoms with Crippen LogP contribution in [-0.2, 0) is 4.79 Å². The standard InChI is InChI=1S/C17H23NO3/c19-16(13-4-2-1-3-5-13)11-18-14-6-7-15(18)9-12(8-14)10-17(20)21/h1-5,12,14-16,19H,6-11H2,(H,20,21). The van der Waals surface area contributed by atoms with Crippen LogP contribution >= 0.6 is 0 Å². The number of nitrogens with zero attached hydrogens (tertiary/aromatic N) is 1. The van der Waals surface area contributed by atoms with E-state index in [1.807, 2.05) is 30.3 Å². The molecule has 3 atom stereocenters. The smallest absolute Gasteiger partial charge is 0.303 e. The molecule has 2 bridgehead atoms. The Bertz CT molecular complexity index is 476. The van der Waals surface area contributed by atoms with E-state index in [0.29, 0.717) is 31.0 Å². The lowest BCUT2D eigenvalue weighted by molar-refractivity contribution is -0.138. The molecule has 0 aromatic heterocycles. The number of aliphatic hydroxyl groups excluding tert-OH is 1. The van der Waals surface area contributed by atoms with Crippen molar-refractivity contribution in [2.75, 3.05) is 6.54 Å². The molecule has 2 saturated heterocycles. The first-order chi connectivity index (χ1) is 10.1. The molecular formula is C17H23NO3. The van der Waals surface area contributed by atoms with Crippen LogP contribution in [0, 0.1) is 5.92 Å². The fraction of sp³-hybridized carbons (Fsp3) is 0.588. The SMILES string of the molecule is O=C(O)CC1CC2CCC(C1)N2CC(O)c1ccccc1. The summed E-state index contributed by atoms with van der Waals surface area (Å²) in [4.78, 5) is 13.3. The van der Waals surface area contributed by atoms with Crippen molar-refractivity contribution >= 4 is 5.97 Å². The molecule has 4 heteroatoms. The number of aliphatic carboxylic acids is 1. The summed E-state index contributed by atoms with van der Waals surface area (Å²) in [5.74, 6) is -0.373. The van der Waals surface area contributed by atoms with Gasteiger partial charge in [-0.2, -0.15) is 0 Å². The number of aliphatic hydroxyl groups is 1. The highest BCUT2D eigenvalue weighted by Gasteiger charge is 2.41. The van der Waals surface area contributed by atoms with Crippen molar-refractivity contribution in [1.82, 2.24) is 4.90 Å². The number of hydrogen-bond acceptors (Lipinski definition) is 3. The number of carbonyl (C=O) groups is 1. The van der Waals surface area contributed by atoms with Crippen molar-refractivity contribution in [2.45, 2.75) is 50.3 Å². The molecule has 0 radical (unpaired) electrons. The maximum absolute atomic E-state index is 10.9. The number of piperidine rings is 1. The van der Waals surface area contributed by atoms with Crippen LogP contribution in [0.4, 0.5) is 0 Å². The fourth-order valence-electron chi connectivity index (χ4n) is 4.08. The van der Waals surface area contributed by atoms with Crippen molar-refractivity contribution in [3.63, 3.8) is 0 Å². The van der Waals surface area contributed by atoms with Gasteiger partial charge in [0.05, 0.1) is 6.10 Å². The molecule has 2 heterocycles. The number of rotatable bonds is 5. The second-order valence-corrected chi connectivity index (χ2v) is 6.44. The van der Waals surface area contributed by atoms with Gasteiger partial charge in [-0.3, -0.25) is 9.69 Å². The first-order valence-corrected chi connectivity index (χ1v) is 7.84. The number of carboxylic acids is 1. The van der Waals surface area contributed by atoms with E-state index >= 15 is 0 Å². The minimum atomic E-state index is -0.683. The van der Waals surface area contributed by atoms with E-state index in [2.05, 4.69) is 4.90 Å². The van der Waals surface area contributed by atoms with Crippen molar-refractivity contribution in [2.24, 2.45) is 5.92 Å². The summed E-state index contributed by atoms with van der Waals surface area (Å²) < 4.78 is 0. The highest BCUT2D eigenvalue weighted by Crippen LogP contribution is 2.40. The van der Waals surface area contributed by atoms with Crippen LogP contribution in [0.15, 0.2) is 30.3 Å². The van der Waals surface area contributed by atoms with E-state index < -0.39 is 12.1 Å². The van der Waals surface area contributed by atoms with E-state index in [-0.39, 0.29) is 0 Å². The number of hydrogen-bond donors (Lipinski definition) is 2. The third-order valence-corrected chi connectivity index (χ3v) is 5.01. The Morgan fingerprint density at radius 1 is 1.19 bits per heavy atom. The summed E-state index contributed by atoms with van der Waals surface area (Å²) in [6, 6.07) is 10.7. The Kier molecular flexibility index (Phi) is 4.27. The van der Waals surface area contributed by atoms with Gasteiger partial charge in [0.2, 0.25) is 0 Å². The molecule has 1 aromatic carbocycles. The third kappa shape index (κ3) is 3.27. The number of carboxylic acid groups (broad SMARTS) is 1. The maximum Gasteiger partial charge on any atom is 0.303 e. The van der Waals surface area contributed by atoms with Gasteiger partial charge < -0.3 is 10.2 Å². The second-order valence-electron chi connectivity index (χ2n) is 6.44. The third-order valence-electron chi connectivity index (χ3n) is 5.01. The largest absolute Gasteiger partial charge is 0.481 e. The fourth-order valence-corrected chi connectivity index (χ4v) is 4.08. The molecule has 3 unspecified atom stereocenters. The molecule has 3 rings (SSSR count). The lowest BCUT2D eigenvalue weighted by Gasteiger charge is -2.39. The molecule has 2 fully saturated rings. The first kappa shape index (κ1) is 14.5. The van der Waals surface area contributed by atoms with Crippen LogP contribution in [0.3, 0.4) is 0 Å². The van der Waals surface area contributed by atoms with Gasteiger partial charge in [0, 0.05) is 25.0 Å². The topological polar surface area (TPSA) is 60.8 Å². The molecule has 4 nitrogen and oxygen atoms in total. The lowest BCUT2D eigenvalue weighted by Crippen LogP contribution is -2.45. The van der Waals surface area contributed by atoms with Crippen molar-refractivity contribution in [1.29, 1.82) is 0 Å². The Morgan fingerprint density at radius 3 is 2.38 bits per heavy atom. The first-order valence-electron chi connectivity index (χ1n) is 7.84. The minimum absolute atomic E-state index is 0.294. The predicted octanol–water partition coefficient (Wildman–Crippen LogP) is 2.44. The molecule has 1 aromatic rings. The number of benzene rings is 1. The zero-order chi connectivity index (χ0) is 14.8. The highest BCUT2D eigenvalue weighted by atomic mass is 16.4. The Morgan fingerprint density at radius 2 is 1.81 bits per heavy atom. The van der Waals surface area contributed by atoms with Crippen LogP contribution < -0.4 is 0 Å². The van der Waals surface area contributed by atoms with Gasteiger partial charge in [-0.1, -0.05) is 30.3 Å². The van der Waals surface area contributed by atoms with Gasteiger partial charge in [0.15, 0.2) is 0 Å². The number of fused-ring (bicyclic) bond motifs is 2. The van der Waals surface area contributed by atoms with E-state index in [1.54, 1.807) is 0 Å². The van der Waals surface area contributed by atoms with Crippen molar-refractivity contribution in [3.05, 3.63) is 35.9 Å². The van der Waals surface area contributed by atoms with E-state index in [0.717, 1.165) is 31.2 Å². The zero-order valence-electron chi connectivity index (χ0n) is 12.2. The quantitative estimate of drug-likeness (QED) is 0.874. The predicted molar refractivity (Wildman–Crippen MR) is 79.9 cm³/mol. The average molecular weight is 289 g/mol. The average Bonchev–Trinajstić information content (AvgIpc) is 2.70. The second kappa shape index (κ2) is 6.16. The molecule has 0 aliphatic carbocycles. The molecule has 0 spiro atoms. The molecule has 2 aliphatic rings. The molecule has 2 N–H and O–H groups in total. The normalized spacial score (nSPS) is 30.2. The molecule has 0 saturated carbocycles. The van der Waals surface area contributed by atoms with Gasteiger partial charge in [-0.25, -0.2) is 0 Å².